The summed E-state index contributed by atoms with van der Waals surface area (Å²) in [5, 5.41) is 11.1. The summed E-state index contributed by atoms with van der Waals surface area (Å²) < 4.78 is 5.27. The standard InChI is InChI=1S/C18H29NO2/c1-5-18(3,19-11-7-6-8-12-19)17(20)16-10-9-15(21-4)13-14(16)2/h9-10,13,17,20H,5-8,11-12H2,1-4H3. The van der Waals surface area contributed by atoms with Crippen molar-refractivity contribution in [2.24, 2.45) is 0 Å². The van der Waals surface area contributed by atoms with Gasteiger partial charge >= 0.3 is 0 Å². The van der Waals surface area contributed by atoms with Gasteiger partial charge in [-0.15, -0.1) is 0 Å². The molecule has 0 radical (unpaired) electrons. The molecule has 1 aliphatic heterocycles. The van der Waals surface area contributed by atoms with Gasteiger partial charge in [0.05, 0.1) is 13.2 Å². The van der Waals surface area contributed by atoms with Gasteiger partial charge in [0.25, 0.3) is 0 Å². The highest BCUT2D eigenvalue weighted by Crippen LogP contribution is 2.37. The number of methoxy groups -OCH3 is 1. The zero-order valence-corrected chi connectivity index (χ0v) is 13.9. The van der Waals surface area contributed by atoms with Gasteiger partial charge in [0.1, 0.15) is 5.75 Å². The van der Waals surface area contributed by atoms with Crippen molar-refractivity contribution < 1.29 is 9.84 Å². The van der Waals surface area contributed by atoms with Crippen molar-refractivity contribution in [1.29, 1.82) is 0 Å². The normalized spacial score (nSPS) is 20.8. The van der Waals surface area contributed by atoms with Crippen LogP contribution < -0.4 is 4.74 Å². The molecule has 0 aromatic heterocycles. The van der Waals surface area contributed by atoms with Gasteiger partial charge in [-0.05, 0) is 69.5 Å². The Morgan fingerprint density at radius 3 is 2.48 bits per heavy atom. The van der Waals surface area contributed by atoms with Crippen LogP contribution in [0.2, 0.25) is 0 Å². The minimum Gasteiger partial charge on any atom is -0.497 e. The van der Waals surface area contributed by atoms with Crippen molar-refractivity contribution >= 4 is 0 Å². The summed E-state index contributed by atoms with van der Waals surface area (Å²) in [6, 6.07) is 5.96. The minimum absolute atomic E-state index is 0.195. The Balaban J connectivity index is 2.28. The number of aliphatic hydroxyl groups excluding tert-OH is 1. The van der Waals surface area contributed by atoms with E-state index in [9.17, 15) is 5.11 Å². The topological polar surface area (TPSA) is 32.7 Å². The highest BCUT2D eigenvalue weighted by Gasteiger charge is 2.39. The van der Waals surface area contributed by atoms with Crippen molar-refractivity contribution in [2.75, 3.05) is 20.2 Å². The third kappa shape index (κ3) is 3.24. The van der Waals surface area contributed by atoms with E-state index in [1.807, 2.05) is 25.1 Å². The largest absolute Gasteiger partial charge is 0.497 e. The van der Waals surface area contributed by atoms with Crippen LogP contribution in [0.4, 0.5) is 0 Å². The number of likely N-dealkylation sites (tertiary alicyclic amines) is 1. The van der Waals surface area contributed by atoms with Crippen molar-refractivity contribution in [3.05, 3.63) is 29.3 Å². The van der Waals surface area contributed by atoms with Crippen LogP contribution in [0.3, 0.4) is 0 Å². The van der Waals surface area contributed by atoms with E-state index in [1.54, 1.807) is 7.11 Å². The SMILES string of the molecule is CCC(C)(C(O)c1ccc(OC)cc1C)N1CCCCC1. The van der Waals surface area contributed by atoms with Gasteiger partial charge in [0.15, 0.2) is 0 Å². The second-order valence-electron chi connectivity index (χ2n) is 6.38. The molecule has 2 rings (SSSR count). The molecule has 1 N–H and O–H groups in total. The molecule has 0 spiro atoms. The third-order valence-corrected chi connectivity index (χ3v) is 5.15. The van der Waals surface area contributed by atoms with Gasteiger partial charge < -0.3 is 9.84 Å². The third-order valence-electron chi connectivity index (χ3n) is 5.15. The molecular formula is C18H29NO2. The first-order chi connectivity index (χ1) is 10.0. The first kappa shape index (κ1) is 16.3. The predicted molar refractivity (Wildman–Crippen MR) is 86.8 cm³/mol. The number of hydrogen-bond donors (Lipinski definition) is 1. The fourth-order valence-electron chi connectivity index (χ4n) is 3.41. The van der Waals surface area contributed by atoms with E-state index in [-0.39, 0.29) is 5.54 Å². The van der Waals surface area contributed by atoms with Crippen molar-refractivity contribution in [1.82, 2.24) is 4.90 Å². The molecule has 0 aliphatic carbocycles. The second kappa shape index (κ2) is 6.80. The molecule has 1 heterocycles. The van der Waals surface area contributed by atoms with Gasteiger partial charge in [-0.3, -0.25) is 4.90 Å². The van der Waals surface area contributed by atoms with Crippen LogP contribution in [0.1, 0.15) is 56.8 Å². The van der Waals surface area contributed by atoms with Gasteiger partial charge in [-0.25, -0.2) is 0 Å². The number of benzene rings is 1. The van der Waals surface area contributed by atoms with Crippen LogP contribution >= 0.6 is 0 Å². The first-order valence-electron chi connectivity index (χ1n) is 8.10. The highest BCUT2D eigenvalue weighted by atomic mass is 16.5. The number of aliphatic hydroxyl groups is 1. The van der Waals surface area contributed by atoms with E-state index in [2.05, 4.69) is 18.7 Å². The Bertz CT molecular complexity index is 468. The molecule has 2 atom stereocenters. The van der Waals surface area contributed by atoms with Gasteiger partial charge in [-0.2, -0.15) is 0 Å². The number of aryl methyl sites for hydroxylation is 1. The lowest BCUT2D eigenvalue weighted by Crippen LogP contribution is -2.52. The summed E-state index contributed by atoms with van der Waals surface area (Å²) in [4.78, 5) is 2.48. The van der Waals surface area contributed by atoms with Gasteiger partial charge in [0.2, 0.25) is 0 Å². The maximum absolute atomic E-state index is 11.1. The second-order valence-corrected chi connectivity index (χ2v) is 6.38. The zero-order chi connectivity index (χ0) is 15.5. The molecule has 118 valence electrons. The lowest BCUT2D eigenvalue weighted by molar-refractivity contribution is -0.0355. The molecular weight excluding hydrogens is 262 g/mol. The summed E-state index contributed by atoms with van der Waals surface area (Å²) in [5.74, 6) is 0.847. The van der Waals surface area contributed by atoms with Crippen LogP contribution in [0.15, 0.2) is 18.2 Å². The molecule has 3 nitrogen and oxygen atoms in total. The van der Waals surface area contributed by atoms with E-state index in [1.165, 1.54) is 19.3 Å². The number of rotatable bonds is 5. The van der Waals surface area contributed by atoms with E-state index >= 15 is 0 Å². The summed E-state index contributed by atoms with van der Waals surface area (Å²) >= 11 is 0. The van der Waals surface area contributed by atoms with Crippen molar-refractivity contribution in [3.8, 4) is 5.75 Å². The summed E-state index contributed by atoms with van der Waals surface area (Å²) in [5.41, 5.74) is 1.92. The van der Waals surface area contributed by atoms with Crippen molar-refractivity contribution in [3.63, 3.8) is 0 Å². The van der Waals surface area contributed by atoms with Crippen LogP contribution in [0.25, 0.3) is 0 Å². The minimum atomic E-state index is -0.466. The van der Waals surface area contributed by atoms with Crippen LogP contribution in [0.5, 0.6) is 5.75 Å². The van der Waals surface area contributed by atoms with E-state index in [4.69, 9.17) is 4.74 Å². The fraction of sp³-hybridized carbons (Fsp3) is 0.667. The molecule has 1 aliphatic rings. The number of piperidine rings is 1. The molecule has 21 heavy (non-hydrogen) atoms. The molecule has 0 saturated carbocycles. The molecule has 0 amide bonds. The quantitative estimate of drug-likeness (QED) is 0.898. The predicted octanol–water partition coefficient (Wildman–Crippen LogP) is 3.69. The number of hydrogen-bond acceptors (Lipinski definition) is 3. The molecule has 3 heteroatoms. The Hall–Kier alpha value is -1.06. The lowest BCUT2D eigenvalue weighted by Gasteiger charge is -2.46. The highest BCUT2D eigenvalue weighted by molar-refractivity contribution is 5.37. The fourth-order valence-corrected chi connectivity index (χ4v) is 3.41. The van der Waals surface area contributed by atoms with Crippen LogP contribution in [-0.4, -0.2) is 35.7 Å². The molecule has 1 saturated heterocycles. The monoisotopic (exact) mass is 291 g/mol. The summed E-state index contributed by atoms with van der Waals surface area (Å²) in [6.07, 6.45) is 4.27. The van der Waals surface area contributed by atoms with E-state index in [0.717, 1.165) is 36.4 Å². The Morgan fingerprint density at radius 1 is 1.29 bits per heavy atom. The molecule has 1 aromatic rings. The average molecular weight is 291 g/mol. The average Bonchev–Trinajstić information content (AvgIpc) is 2.54. The van der Waals surface area contributed by atoms with Crippen LogP contribution in [-0.2, 0) is 0 Å². The van der Waals surface area contributed by atoms with Gasteiger partial charge in [-0.1, -0.05) is 19.4 Å². The van der Waals surface area contributed by atoms with Gasteiger partial charge in [0, 0.05) is 5.54 Å². The number of ether oxygens (including phenoxy) is 1. The smallest absolute Gasteiger partial charge is 0.119 e. The molecule has 0 bridgehead atoms. The summed E-state index contributed by atoms with van der Waals surface area (Å²) in [6.45, 7) is 8.61. The maximum Gasteiger partial charge on any atom is 0.119 e. The summed E-state index contributed by atoms with van der Waals surface area (Å²) in [7, 11) is 1.68. The van der Waals surface area contributed by atoms with E-state index < -0.39 is 6.10 Å². The molecule has 1 aromatic carbocycles. The molecule has 2 unspecified atom stereocenters. The Kier molecular flexibility index (Phi) is 5.28. The lowest BCUT2D eigenvalue weighted by atomic mass is 9.82. The van der Waals surface area contributed by atoms with Crippen molar-refractivity contribution in [2.45, 2.75) is 58.1 Å². The first-order valence-corrected chi connectivity index (χ1v) is 8.10. The van der Waals surface area contributed by atoms with Crippen LogP contribution in [0, 0.1) is 6.92 Å². The zero-order valence-electron chi connectivity index (χ0n) is 13.9. The number of nitrogens with zero attached hydrogens (tertiary/aromatic N) is 1. The Morgan fingerprint density at radius 2 is 1.95 bits per heavy atom. The maximum atomic E-state index is 11.1. The molecule has 1 fully saturated rings. The van der Waals surface area contributed by atoms with E-state index in [0.29, 0.717) is 0 Å². The Labute approximate surface area is 128 Å².